The molecule has 2 N–H and O–H groups in total. The van der Waals surface area contributed by atoms with E-state index in [-0.39, 0.29) is 16.6 Å². The lowest BCUT2D eigenvalue weighted by Crippen LogP contribution is -2.40. The number of para-hydroxylation sites is 1. The molecule has 1 atom stereocenters. The molecule has 0 aliphatic carbocycles. The predicted molar refractivity (Wildman–Crippen MR) is 76.4 cm³/mol. The fourth-order valence-corrected chi connectivity index (χ4v) is 3.61. The quantitative estimate of drug-likeness (QED) is 0.774. The number of nitrogens with two attached hydrogens (primary N) is 1. The highest BCUT2D eigenvalue weighted by molar-refractivity contribution is 7.89. The standard InChI is InChI=1S/C13H22N2O3S/c1-4-11(2)15(9-10-18-3)19(16,17)13-8-6-5-7-12(13)14/h5-8,11H,4,9-10,14H2,1-3H3. The van der Waals surface area contributed by atoms with Gasteiger partial charge in [-0.15, -0.1) is 0 Å². The number of benzene rings is 1. The van der Waals surface area contributed by atoms with Crippen LogP contribution in [0.3, 0.4) is 0 Å². The van der Waals surface area contributed by atoms with Crippen molar-refractivity contribution >= 4 is 15.7 Å². The summed E-state index contributed by atoms with van der Waals surface area (Å²) < 4.78 is 31.7. The molecular weight excluding hydrogens is 264 g/mol. The van der Waals surface area contributed by atoms with Gasteiger partial charge in [-0.2, -0.15) is 4.31 Å². The van der Waals surface area contributed by atoms with Crippen LogP contribution in [0.25, 0.3) is 0 Å². The largest absolute Gasteiger partial charge is 0.398 e. The van der Waals surface area contributed by atoms with E-state index in [0.29, 0.717) is 13.2 Å². The zero-order chi connectivity index (χ0) is 14.5. The summed E-state index contributed by atoms with van der Waals surface area (Å²) in [4.78, 5) is 0.159. The first-order chi connectivity index (χ1) is 8.95. The predicted octanol–water partition coefficient (Wildman–Crippen LogP) is 1.70. The van der Waals surface area contributed by atoms with Crippen molar-refractivity contribution in [2.75, 3.05) is 26.0 Å². The second-order valence-corrected chi connectivity index (χ2v) is 6.26. The Bertz CT molecular complexity index is 502. The monoisotopic (exact) mass is 286 g/mol. The highest BCUT2D eigenvalue weighted by Gasteiger charge is 2.29. The van der Waals surface area contributed by atoms with E-state index in [1.165, 1.54) is 10.4 Å². The van der Waals surface area contributed by atoms with Crippen molar-refractivity contribution in [2.24, 2.45) is 0 Å². The third-order valence-electron chi connectivity index (χ3n) is 3.10. The van der Waals surface area contributed by atoms with Crippen LogP contribution in [0.4, 0.5) is 5.69 Å². The van der Waals surface area contributed by atoms with Gasteiger partial charge in [0, 0.05) is 19.7 Å². The Morgan fingerprint density at radius 3 is 2.53 bits per heavy atom. The van der Waals surface area contributed by atoms with Crippen LogP contribution in [0.1, 0.15) is 20.3 Å². The second kappa shape index (κ2) is 6.88. The smallest absolute Gasteiger partial charge is 0.245 e. The fraction of sp³-hybridized carbons (Fsp3) is 0.538. The number of nitrogens with zero attached hydrogens (tertiary/aromatic N) is 1. The maximum Gasteiger partial charge on any atom is 0.245 e. The molecule has 0 fully saturated rings. The van der Waals surface area contributed by atoms with Gasteiger partial charge in [0.05, 0.1) is 12.3 Å². The van der Waals surface area contributed by atoms with Crippen molar-refractivity contribution in [3.05, 3.63) is 24.3 Å². The molecule has 1 aromatic carbocycles. The minimum atomic E-state index is -3.59. The van der Waals surface area contributed by atoms with Crippen LogP contribution in [0.15, 0.2) is 29.2 Å². The highest BCUT2D eigenvalue weighted by atomic mass is 32.2. The van der Waals surface area contributed by atoms with E-state index in [4.69, 9.17) is 10.5 Å². The first kappa shape index (κ1) is 15.9. The molecule has 0 aliphatic heterocycles. The molecule has 0 radical (unpaired) electrons. The molecular formula is C13H22N2O3S. The van der Waals surface area contributed by atoms with Crippen molar-refractivity contribution < 1.29 is 13.2 Å². The third-order valence-corrected chi connectivity index (χ3v) is 5.19. The van der Waals surface area contributed by atoms with Gasteiger partial charge in [0.25, 0.3) is 0 Å². The van der Waals surface area contributed by atoms with E-state index in [9.17, 15) is 8.42 Å². The first-order valence-electron chi connectivity index (χ1n) is 6.30. The number of hydrogen-bond donors (Lipinski definition) is 1. The molecule has 0 bridgehead atoms. The highest BCUT2D eigenvalue weighted by Crippen LogP contribution is 2.24. The number of methoxy groups -OCH3 is 1. The molecule has 0 spiro atoms. The number of rotatable bonds is 7. The molecule has 0 aromatic heterocycles. The zero-order valence-electron chi connectivity index (χ0n) is 11.7. The van der Waals surface area contributed by atoms with Gasteiger partial charge in [-0.05, 0) is 25.5 Å². The topological polar surface area (TPSA) is 72.6 Å². The number of nitrogen functional groups attached to an aromatic ring is 1. The van der Waals surface area contributed by atoms with Crippen LogP contribution in [0, 0.1) is 0 Å². The molecule has 19 heavy (non-hydrogen) atoms. The van der Waals surface area contributed by atoms with E-state index in [0.717, 1.165) is 6.42 Å². The fourth-order valence-electron chi connectivity index (χ4n) is 1.80. The average Bonchev–Trinajstić information content (AvgIpc) is 2.38. The van der Waals surface area contributed by atoms with Crippen molar-refractivity contribution in [1.82, 2.24) is 4.31 Å². The molecule has 1 unspecified atom stereocenters. The molecule has 0 aliphatic rings. The van der Waals surface area contributed by atoms with Crippen LogP contribution >= 0.6 is 0 Å². The van der Waals surface area contributed by atoms with Crippen LogP contribution in [-0.2, 0) is 14.8 Å². The van der Waals surface area contributed by atoms with Gasteiger partial charge in [0.15, 0.2) is 0 Å². The number of hydrogen-bond acceptors (Lipinski definition) is 4. The van der Waals surface area contributed by atoms with Crippen LogP contribution < -0.4 is 5.73 Å². The number of anilines is 1. The van der Waals surface area contributed by atoms with Crippen molar-refractivity contribution in [1.29, 1.82) is 0 Å². The molecule has 1 rings (SSSR count). The van der Waals surface area contributed by atoms with Crippen LogP contribution in [0.5, 0.6) is 0 Å². The normalized spacial score (nSPS) is 13.7. The maximum atomic E-state index is 12.6. The summed E-state index contributed by atoms with van der Waals surface area (Å²) in [6.07, 6.45) is 0.732. The molecule has 0 saturated carbocycles. The zero-order valence-corrected chi connectivity index (χ0v) is 12.5. The number of sulfonamides is 1. The third kappa shape index (κ3) is 3.68. The SMILES string of the molecule is CCC(C)N(CCOC)S(=O)(=O)c1ccccc1N. The summed E-state index contributed by atoms with van der Waals surface area (Å²) in [5.74, 6) is 0. The summed E-state index contributed by atoms with van der Waals surface area (Å²) in [5, 5.41) is 0. The van der Waals surface area contributed by atoms with Crippen molar-refractivity contribution in [3.8, 4) is 0 Å². The minimum Gasteiger partial charge on any atom is -0.398 e. The Morgan fingerprint density at radius 2 is 2.00 bits per heavy atom. The van der Waals surface area contributed by atoms with E-state index in [1.54, 1.807) is 25.3 Å². The number of ether oxygens (including phenoxy) is 1. The van der Waals surface area contributed by atoms with Gasteiger partial charge < -0.3 is 10.5 Å². The molecule has 0 heterocycles. The van der Waals surface area contributed by atoms with Crippen LogP contribution in [0.2, 0.25) is 0 Å². The van der Waals surface area contributed by atoms with Gasteiger partial charge in [-0.25, -0.2) is 8.42 Å². The summed E-state index contributed by atoms with van der Waals surface area (Å²) in [5.41, 5.74) is 6.05. The lowest BCUT2D eigenvalue weighted by atomic mass is 10.3. The Morgan fingerprint density at radius 1 is 1.37 bits per heavy atom. The van der Waals surface area contributed by atoms with E-state index < -0.39 is 10.0 Å². The summed E-state index contributed by atoms with van der Waals surface area (Å²) >= 11 is 0. The molecule has 1 aromatic rings. The Kier molecular flexibility index (Phi) is 5.78. The van der Waals surface area contributed by atoms with Crippen molar-refractivity contribution in [3.63, 3.8) is 0 Å². The Labute approximate surface area is 115 Å². The maximum absolute atomic E-state index is 12.6. The van der Waals surface area contributed by atoms with Crippen LogP contribution in [-0.4, -0.2) is 39.0 Å². The summed E-state index contributed by atoms with van der Waals surface area (Å²) in [6.45, 7) is 4.51. The lowest BCUT2D eigenvalue weighted by Gasteiger charge is -2.27. The summed E-state index contributed by atoms with van der Waals surface area (Å²) in [6, 6.07) is 6.43. The Hall–Kier alpha value is -1.11. The van der Waals surface area contributed by atoms with Gasteiger partial charge in [0.1, 0.15) is 4.90 Å². The molecule has 108 valence electrons. The van der Waals surface area contributed by atoms with E-state index in [1.807, 2.05) is 13.8 Å². The van der Waals surface area contributed by atoms with Gasteiger partial charge >= 0.3 is 0 Å². The molecule has 0 saturated heterocycles. The van der Waals surface area contributed by atoms with Crippen molar-refractivity contribution in [2.45, 2.75) is 31.2 Å². The van der Waals surface area contributed by atoms with E-state index >= 15 is 0 Å². The molecule has 0 amide bonds. The summed E-state index contributed by atoms with van der Waals surface area (Å²) in [7, 11) is -2.03. The minimum absolute atomic E-state index is 0.0974. The van der Waals surface area contributed by atoms with Gasteiger partial charge in [-0.3, -0.25) is 0 Å². The molecule has 5 nitrogen and oxygen atoms in total. The average molecular weight is 286 g/mol. The first-order valence-corrected chi connectivity index (χ1v) is 7.74. The second-order valence-electron chi connectivity index (χ2n) is 4.40. The van der Waals surface area contributed by atoms with E-state index in [2.05, 4.69) is 0 Å². The molecule has 6 heteroatoms. The lowest BCUT2D eigenvalue weighted by molar-refractivity contribution is 0.167. The Balaban J connectivity index is 3.16. The van der Waals surface area contributed by atoms with Gasteiger partial charge in [-0.1, -0.05) is 19.1 Å². The van der Waals surface area contributed by atoms with Gasteiger partial charge in [0.2, 0.25) is 10.0 Å².